The fourth-order valence-corrected chi connectivity index (χ4v) is 4.01. The molecule has 0 unspecified atom stereocenters. The van der Waals surface area contributed by atoms with Crippen molar-refractivity contribution in [3.05, 3.63) is 35.9 Å². The lowest BCUT2D eigenvalue weighted by molar-refractivity contribution is -0.141. The van der Waals surface area contributed by atoms with Crippen LogP contribution < -0.4 is 0 Å². The Labute approximate surface area is 150 Å². The summed E-state index contributed by atoms with van der Waals surface area (Å²) in [5, 5.41) is 9.81. The first-order valence-electron chi connectivity index (χ1n) is 9.41. The lowest BCUT2D eigenvalue weighted by Gasteiger charge is -2.38. The molecule has 1 aromatic rings. The van der Waals surface area contributed by atoms with Gasteiger partial charge in [0.15, 0.2) is 0 Å². The van der Waals surface area contributed by atoms with E-state index in [1.54, 1.807) is 0 Å². The van der Waals surface area contributed by atoms with Gasteiger partial charge in [-0.3, -0.25) is 4.79 Å². The average molecular weight is 346 g/mol. The fraction of sp³-hybridized carbons (Fsp3) is 0.650. The normalized spacial score (nSPS) is 25.9. The quantitative estimate of drug-likeness (QED) is 0.882. The summed E-state index contributed by atoms with van der Waals surface area (Å²) in [6, 6.07) is 10.3. The van der Waals surface area contributed by atoms with Crippen LogP contribution >= 0.6 is 0 Å². The van der Waals surface area contributed by atoms with Gasteiger partial charge in [0.05, 0.1) is 6.10 Å². The van der Waals surface area contributed by atoms with E-state index in [1.807, 2.05) is 23.1 Å². The van der Waals surface area contributed by atoms with Gasteiger partial charge in [0.1, 0.15) is 6.61 Å². The predicted octanol–water partition coefficient (Wildman–Crippen LogP) is 1.72. The Morgan fingerprint density at radius 3 is 2.56 bits per heavy atom. The first kappa shape index (κ1) is 18.4. The Morgan fingerprint density at radius 2 is 1.88 bits per heavy atom. The monoisotopic (exact) mass is 346 g/mol. The number of likely N-dealkylation sites (tertiary alicyclic amines) is 2. The molecule has 2 aliphatic heterocycles. The predicted molar refractivity (Wildman–Crippen MR) is 97.4 cm³/mol. The second-order valence-corrected chi connectivity index (χ2v) is 7.40. The molecular formula is C20H30N2O3. The molecule has 2 aliphatic rings. The zero-order valence-corrected chi connectivity index (χ0v) is 15.1. The molecule has 138 valence electrons. The van der Waals surface area contributed by atoms with Crippen molar-refractivity contribution in [2.24, 2.45) is 5.92 Å². The van der Waals surface area contributed by atoms with Crippen LogP contribution in [0.15, 0.2) is 30.3 Å². The number of benzene rings is 1. The SMILES string of the molecule is CN1CCC(OCC(=O)N2CC[C@H](c3ccccc3)[C@H](CO)C2)CC1. The largest absolute Gasteiger partial charge is 0.396 e. The number of carbonyl (C=O) groups excluding carboxylic acids is 1. The maximum atomic E-state index is 12.5. The number of nitrogens with zero attached hydrogens (tertiary/aromatic N) is 2. The van der Waals surface area contributed by atoms with Crippen LogP contribution in [0.3, 0.4) is 0 Å². The van der Waals surface area contributed by atoms with E-state index in [1.165, 1.54) is 5.56 Å². The van der Waals surface area contributed by atoms with Crippen LogP contribution in [0.2, 0.25) is 0 Å². The van der Waals surface area contributed by atoms with Crippen molar-refractivity contribution in [1.82, 2.24) is 9.80 Å². The molecule has 5 heteroatoms. The zero-order chi connectivity index (χ0) is 17.6. The molecule has 0 bridgehead atoms. The molecule has 5 nitrogen and oxygen atoms in total. The van der Waals surface area contributed by atoms with Gasteiger partial charge >= 0.3 is 0 Å². The van der Waals surface area contributed by atoms with Crippen molar-refractivity contribution >= 4 is 5.91 Å². The smallest absolute Gasteiger partial charge is 0.248 e. The third-order valence-corrected chi connectivity index (χ3v) is 5.66. The number of amides is 1. The second-order valence-electron chi connectivity index (χ2n) is 7.40. The summed E-state index contributed by atoms with van der Waals surface area (Å²) < 4.78 is 5.85. The fourth-order valence-electron chi connectivity index (χ4n) is 4.01. The Morgan fingerprint density at radius 1 is 1.16 bits per heavy atom. The van der Waals surface area contributed by atoms with E-state index in [9.17, 15) is 9.90 Å². The summed E-state index contributed by atoms with van der Waals surface area (Å²) in [6.45, 7) is 3.71. The highest BCUT2D eigenvalue weighted by Crippen LogP contribution is 2.32. The number of hydrogen-bond donors (Lipinski definition) is 1. The molecule has 1 amide bonds. The van der Waals surface area contributed by atoms with Crippen molar-refractivity contribution in [2.45, 2.75) is 31.3 Å². The summed E-state index contributed by atoms with van der Waals surface area (Å²) in [5.74, 6) is 0.484. The van der Waals surface area contributed by atoms with E-state index in [-0.39, 0.29) is 31.1 Å². The number of aliphatic hydroxyl groups excluding tert-OH is 1. The van der Waals surface area contributed by atoms with E-state index < -0.39 is 0 Å². The van der Waals surface area contributed by atoms with Crippen LogP contribution in [0.25, 0.3) is 0 Å². The van der Waals surface area contributed by atoms with Crippen LogP contribution in [0.4, 0.5) is 0 Å². The van der Waals surface area contributed by atoms with Gasteiger partial charge in [0.25, 0.3) is 0 Å². The molecule has 0 aromatic heterocycles. The van der Waals surface area contributed by atoms with Gasteiger partial charge in [-0.15, -0.1) is 0 Å². The highest BCUT2D eigenvalue weighted by Gasteiger charge is 2.32. The van der Waals surface area contributed by atoms with Gasteiger partial charge in [-0.05, 0) is 37.8 Å². The summed E-state index contributed by atoms with van der Waals surface area (Å²) in [7, 11) is 2.12. The summed E-state index contributed by atoms with van der Waals surface area (Å²) in [4.78, 5) is 16.7. The summed E-state index contributed by atoms with van der Waals surface area (Å²) in [5.41, 5.74) is 1.26. The lowest BCUT2D eigenvalue weighted by Crippen LogP contribution is -2.46. The number of carbonyl (C=O) groups is 1. The second kappa shape index (κ2) is 8.79. The van der Waals surface area contributed by atoms with Gasteiger partial charge in [0.2, 0.25) is 5.91 Å². The van der Waals surface area contributed by atoms with E-state index in [0.717, 1.165) is 38.9 Å². The van der Waals surface area contributed by atoms with E-state index in [4.69, 9.17) is 4.74 Å². The number of piperidine rings is 2. The number of ether oxygens (including phenoxy) is 1. The average Bonchev–Trinajstić information content (AvgIpc) is 2.67. The van der Waals surface area contributed by atoms with Gasteiger partial charge in [0, 0.05) is 38.7 Å². The molecule has 2 saturated heterocycles. The molecular weight excluding hydrogens is 316 g/mol. The zero-order valence-electron chi connectivity index (χ0n) is 15.1. The van der Waals surface area contributed by atoms with E-state index >= 15 is 0 Å². The molecule has 25 heavy (non-hydrogen) atoms. The molecule has 1 aromatic carbocycles. The maximum Gasteiger partial charge on any atom is 0.248 e. The third-order valence-electron chi connectivity index (χ3n) is 5.66. The molecule has 3 rings (SSSR count). The molecule has 2 fully saturated rings. The van der Waals surface area contributed by atoms with Crippen LogP contribution in [0.1, 0.15) is 30.7 Å². The summed E-state index contributed by atoms with van der Waals surface area (Å²) >= 11 is 0. The molecule has 0 saturated carbocycles. The minimum Gasteiger partial charge on any atom is -0.396 e. The molecule has 0 aliphatic carbocycles. The first-order valence-corrected chi connectivity index (χ1v) is 9.41. The number of aliphatic hydroxyl groups is 1. The topological polar surface area (TPSA) is 53.0 Å². The number of rotatable bonds is 5. The standard InChI is InChI=1S/C20H30N2O3/c1-21-10-7-18(8-11-21)25-15-20(24)22-12-9-19(17(13-22)14-23)16-5-3-2-4-6-16/h2-6,17-19,23H,7-15H2,1H3/t17-,19+/m0/s1. The van der Waals surface area contributed by atoms with Gasteiger partial charge < -0.3 is 19.6 Å². The maximum absolute atomic E-state index is 12.5. The Balaban J connectivity index is 1.50. The van der Waals surface area contributed by atoms with Crippen LogP contribution in [0.5, 0.6) is 0 Å². The third kappa shape index (κ3) is 4.81. The van der Waals surface area contributed by atoms with Crippen molar-refractivity contribution in [1.29, 1.82) is 0 Å². The van der Waals surface area contributed by atoms with Gasteiger partial charge in [-0.1, -0.05) is 30.3 Å². The molecule has 2 heterocycles. The van der Waals surface area contributed by atoms with Crippen molar-refractivity contribution in [2.75, 3.05) is 46.4 Å². The Bertz CT molecular complexity index is 543. The van der Waals surface area contributed by atoms with E-state index in [2.05, 4.69) is 24.1 Å². The first-order chi connectivity index (χ1) is 12.2. The van der Waals surface area contributed by atoms with Crippen LogP contribution in [0, 0.1) is 5.92 Å². The molecule has 0 radical (unpaired) electrons. The van der Waals surface area contributed by atoms with Crippen LogP contribution in [-0.2, 0) is 9.53 Å². The minimum absolute atomic E-state index is 0.0592. The van der Waals surface area contributed by atoms with Crippen molar-refractivity contribution in [3.63, 3.8) is 0 Å². The van der Waals surface area contributed by atoms with Crippen molar-refractivity contribution in [3.8, 4) is 0 Å². The number of hydrogen-bond acceptors (Lipinski definition) is 4. The van der Waals surface area contributed by atoms with E-state index in [0.29, 0.717) is 12.5 Å². The summed E-state index contributed by atoms with van der Waals surface area (Å²) in [6.07, 6.45) is 3.10. The Kier molecular flexibility index (Phi) is 6.45. The molecule has 1 N–H and O–H groups in total. The van der Waals surface area contributed by atoms with Gasteiger partial charge in [-0.25, -0.2) is 0 Å². The minimum atomic E-state index is 0.0592. The lowest BCUT2D eigenvalue weighted by atomic mass is 9.81. The van der Waals surface area contributed by atoms with Gasteiger partial charge in [-0.2, -0.15) is 0 Å². The Hall–Kier alpha value is -1.43. The van der Waals surface area contributed by atoms with Crippen LogP contribution in [-0.4, -0.2) is 73.4 Å². The van der Waals surface area contributed by atoms with Crippen molar-refractivity contribution < 1.29 is 14.6 Å². The molecule has 0 spiro atoms. The highest BCUT2D eigenvalue weighted by molar-refractivity contribution is 5.77. The highest BCUT2D eigenvalue weighted by atomic mass is 16.5. The molecule has 2 atom stereocenters.